The molecule has 2 aromatic rings. The number of hydrogen-bond donors (Lipinski definition) is 0. The first-order valence-corrected chi connectivity index (χ1v) is 9.20. The van der Waals surface area contributed by atoms with E-state index in [0.717, 1.165) is 16.7 Å². The molecule has 2 amide bonds. The summed E-state index contributed by atoms with van der Waals surface area (Å²) >= 11 is 6.95. The largest absolute Gasteiger partial charge is 0.454 e. The van der Waals surface area contributed by atoms with Gasteiger partial charge in [-0.25, -0.2) is 0 Å². The quantitative estimate of drug-likeness (QED) is 0.416. The first kappa shape index (κ1) is 18.3. The highest BCUT2D eigenvalue weighted by atomic mass is 35.5. The molecule has 2 aliphatic heterocycles. The van der Waals surface area contributed by atoms with Gasteiger partial charge in [-0.3, -0.25) is 24.6 Å². The van der Waals surface area contributed by atoms with Gasteiger partial charge < -0.3 is 9.47 Å². The Balaban J connectivity index is 1.61. The Kier molecular flexibility index (Phi) is 4.70. The summed E-state index contributed by atoms with van der Waals surface area (Å²) in [6.45, 7) is 0.0314. The molecule has 0 radical (unpaired) electrons. The summed E-state index contributed by atoms with van der Waals surface area (Å²) in [5, 5.41) is 11.0. The van der Waals surface area contributed by atoms with Gasteiger partial charge in [0.15, 0.2) is 11.5 Å². The van der Waals surface area contributed by atoms with Crippen LogP contribution in [0.15, 0.2) is 41.3 Å². The fourth-order valence-electron chi connectivity index (χ4n) is 2.80. The smallest absolute Gasteiger partial charge is 0.293 e. The number of carbonyl (C=O) groups is 2. The lowest BCUT2D eigenvalue weighted by Crippen LogP contribution is -2.27. The predicted octanol–water partition coefficient (Wildman–Crippen LogP) is 4.21. The molecule has 0 atom stereocenters. The second-order valence-electron chi connectivity index (χ2n) is 5.88. The lowest BCUT2D eigenvalue weighted by molar-refractivity contribution is -0.385. The summed E-state index contributed by atoms with van der Waals surface area (Å²) in [5.41, 5.74) is 0.632. The zero-order valence-corrected chi connectivity index (χ0v) is 15.7. The van der Waals surface area contributed by atoms with Crippen LogP contribution in [0.5, 0.6) is 11.5 Å². The van der Waals surface area contributed by atoms with Crippen molar-refractivity contribution in [3.63, 3.8) is 0 Å². The van der Waals surface area contributed by atoms with Crippen LogP contribution >= 0.6 is 23.4 Å². The molecule has 1 fully saturated rings. The zero-order chi connectivity index (χ0) is 19.8. The van der Waals surface area contributed by atoms with Gasteiger partial charge in [0, 0.05) is 17.2 Å². The molecule has 8 nitrogen and oxygen atoms in total. The molecule has 4 rings (SSSR count). The molecule has 2 aromatic carbocycles. The Bertz CT molecular complexity index is 1050. The van der Waals surface area contributed by atoms with Crippen molar-refractivity contribution in [2.75, 3.05) is 6.79 Å². The van der Waals surface area contributed by atoms with Crippen LogP contribution in [0, 0.1) is 10.1 Å². The Labute approximate surface area is 167 Å². The SMILES string of the molecule is O=C1S/C(=C/c2ccccc2[N+](=O)[O-])C(=O)N1Cc1cc2c(cc1Cl)OCO2. The molecule has 28 heavy (non-hydrogen) atoms. The number of benzene rings is 2. The van der Waals surface area contributed by atoms with E-state index in [1.807, 2.05) is 0 Å². The van der Waals surface area contributed by atoms with Gasteiger partial charge in [-0.2, -0.15) is 0 Å². The number of para-hydroxylation sites is 1. The van der Waals surface area contributed by atoms with Gasteiger partial charge in [0.25, 0.3) is 16.8 Å². The molecule has 0 spiro atoms. The fraction of sp³-hybridized carbons (Fsp3) is 0.111. The Morgan fingerprint density at radius 3 is 2.68 bits per heavy atom. The second kappa shape index (κ2) is 7.17. The van der Waals surface area contributed by atoms with Crippen molar-refractivity contribution in [2.24, 2.45) is 0 Å². The highest BCUT2D eigenvalue weighted by Crippen LogP contribution is 2.39. The summed E-state index contributed by atoms with van der Waals surface area (Å²) in [6.07, 6.45) is 1.35. The lowest BCUT2D eigenvalue weighted by atomic mass is 10.1. The molecule has 0 aromatic heterocycles. The summed E-state index contributed by atoms with van der Waals surface area (Å²) in [7, 11) is 0. The average molecular weight is 419 g/mol. The zero-order valence-electron chi connectivity index (χ0n) is 14.1. The van der Waals surface area contributed by atoms with Crippen LogP contribution in [0.2, 0.25) is 5.02 Å². The minimum atomic E-state index is -0.540. The molecular weight excluding hydrogens is 408 g/mol. The number of nitro benzene ring substituents is 1. The number of thioether (sulfide) groups is 1. The van der Waals surface area contributed by atoms with Crippen molar-refractivity contribution in [1.29, 1.82) is 0 Å². The van der Waals surface area contributed by atoms with Crippen LogP contribution in [0.1, 0.15) is 11.1 Å². The molecule has 1 saturated heterocycles. The molecule has 2 aliphatic rings. The first-order chi connectivity index (χ1) is 13.4. The number of nitrogens with zero attached hydrogens (tertiary/aromatic N) is 2. The third kappa shape index (κ3) is 3.30. The second-order valence-corrected chi connectivity index (χ2v) is 7.28. The van der Waals surface area contributed by atoms with Gasteiger partial charge in [-0.05, 0) is 35.5 Å². The van der Waals surface area contributed by atoms with Gasteiger partial charge >= 0.3 is 0 Å². The van der Waals surface area contributed by atoms with Gasteiger partial charge in [-0.15, -0.1) is 0 Å². The summed E-state index contributed by atoms with van der Waals surface area (Å²) in [4.78, 5) is 36.8. The molecule has 0 N–H and O–H groups in total. The van der Waals surface area contributed by atoms with E-state index in [-0.39, 0.29) is 29.5 Å². The standard InChI is InChI=1S/C18H11ClN2O6S/c19-12-7-15-14(26-9-27-15)5-11(12)8-20-17(22)16(28-18(20)23)6-10-3-1-2-4-13(10)21(24)25/h1-7H,8-9H2/b16-6+. The maximum Gasteiger partial charge on any atom is 0.293 e. The molecule has 0 saturated carbocycles. The van der Waals surface area contributed by atoms with Gasteiger partial charge in [0.2, 0.25) is 6.79 Å². The van der Waals surface area contributed by atoms with Crippen molar-refractivity contribution in [3.8, 4) is 11.5 Å². The molecule has 0 unspecified atom stereocenters. The number of imide groups is 1. The number of amides is 2. The van der Waals surface area contributed by atoms with E-state index in [2.05, 4.69) is 0 Å². The molecule has 2 heterocycles. The monoisotopic (exact) mass is 418 g/mol. The number of rotatable bonds is 4. The van der Waals surface area contributed by atoms with Crippen LogP contribution < -0.4 is 9.47 Å². The minimum absolute atomic E-state index is 0.0473. The van der Waals surface area contributed by atoms with Crippen molar-refractivity contribution in [2.45, 2.75) is 6.54 Å². The Morgan fingerprint density at radius 1 is 1.21 bits per heavy atom. The Hall–Kier alpha value is -3.04. The molecule has 142 valence electrons. The first-order valence-electron chi connectivity index (χ1n) is 8.01. The number of fused-ring (bicyclic) bond motifs is 1. The third-order valence-electron chi connectivity index (χ3n) is 4.16. The predicted molar refractivity (Wildman–Crippen MR) is 102 cm³/mol. The molecule has 10 heteroatoms. The van der Waals surface area contributed by atoms with E-state index in [1.165, 1.54) is 24.3 Å². The van der Waals surface area contributed by atoms with Crippen LogP contribution in [0.3, 0.4) is 0 Å². The normalized spacial score (nSPS) is 16.9. The van der Waals surface area contributed by atoms with Crippen LogP contribution in [0.25, 0.3) is 6.08 Å². The van der Waals surface area contributed by atoms with Gasteiger partial charge in [0.1, 0.15) is 0 Å². The van der Waals surface area contributed by atoms with E-state index >= 15 is 0 Å². The summed E-state index contributed by atoms with van der Waals surface area (Å²) in [5.74, 6) is 0.447. The number of ether oxygens (including phenoxy) is 2. The average Bonchev–Trinajstić information content (AvgIpc) is 3.21. The van der Waals surface area contributed by atoms with Gasteiger partial charge in [-0.1, -0.05) is 23.7 Å². The van der Waals surface area contributed by atoms with Crippen molar-refractivity contribution < 1.29 is 24.0 Å². The van der Waals surface area contributed by atoms with E-state index in [1.54, 1.807) is 18.2 Å². The van der Waals surface area contributed by atoms with E-state index in [4.69, 9.17) is 21.1 Å². The summed E-state index contributed by atoms with van der Waals surface area (Å²) < 4.78 is 10.5. The van der Waals surface area contributed by atoms with Crippen LogP contribution in [-0.2, 0) is 11.3 Å². The molecule has 0 bridgehead atoms. The third-order valence-corrected chi connectivity index (χ3v) is 5.42. The Morgan fingerprint density at radius 2 is 1.93 bits per heavy atom. The van der Waals surface area contributed by atoms with Crippen molar-refractivity contribution >= 4 is 46.3 Å². The topological polar surface area (TPSA) is 99.0 Å². The maximum atomic E-state index is 12.7. The number of nitro groups is 1. The molecule has 0 aliphatic carbocycles. The lowest BCUT2D eigenvalue weighted by Gasteiger charge is -2.14. The fourth-order valence-corrected chi connectivity index (χ4v) is 3.85. The van der Waals surface area contributed by atoms with E-state index < -0.39 is 16.1 Å². The van der Waals surface area contributed by atoms with Crippen LogP contribution in [0.4, 0.5) is 10.5 Å². The van der Waals surface area contributed by atoms with Crippen LogP contribution in [-0.4, -0.2) is 27.8 Å². The number of hydrogen-bond acceptors (Lipinski definition) is 7. The number of halogens is 1. The van der Waals surface area contributed by atoms with E-state index in [9.17, 15) is 19.7 Å². The summed E-state index contributed by atoms with van der Waals surface area (Å²) in [6, 6.07) is 9.20. The minimum Gasteiger partial charge on any atom is -0.454 e. The number of carbonyl (C=O) groups excluding carboxylic acids is 2. The highest BCUT2D eigenvalue weighted by Gasteiger charge is 2.36. The maximum absolute atomic E-state index is 12.7. The van der Waals surface area contributed by atoms with Gasteiger partial charge in [0.05, 0.1) is 21.9 Å². The molecular formula is C18H11ClN2O6S. The highest BCUT2D eigenvalue weighted by molar-refractivity contribution is 8.18. The van der Waals surface area contributed by atoms with Crippen molar-refractivity contribution in [3.05, 3.63) is 67.6 Å². The van der Waals surface area contributed by atoms with E-state index in [0.29, 0.717) is 22.1 Å². The van der Waals surface area contributed by atoms with Crippen molar-refractivity contribution in [1.82, 2.24) is 4.90 Å².